The van der Waals surface area contributed by atoms with E-state index in [0.717, 1.165) is 10.9 Å². The molecule has 22 heavy (non-hydrogen) atoms. The molecule has 0 saturated carbocycles. The number of pyridine rings is 1. The van der Waals surface area contributed by atoms with E-state index in [4.69, 9.17) is 0 Å². The predicted molar refractivity (Wildman–Crippen MR) is 87.6 cm³/mol. The molecule has 2 aromatic rings. The zero-order chi connectivity index (χ0) is 15.7. The summed E-state index contributed by atoms with van der Waals surface area (Å²) >= 11 is 3.43. The average molecular weight is 362 g/mol. The first-order valence-electron chi connectivity index (χ1n) is 7.25. The van der Waals surface area contributed by atoms with E-state index in [2.05, 4.69) is 26.2 Å². The summed E-state index contributed by atoms with van der Waals surface area (Å²) in [5, 5.41) is 3.74. The van der Waals surface area contributed by atoms with Crippen LogP contribution in [-0.2, 0) is 4.79 Å². The second kappa shape index (κ2) is 6.04. The first-order chi connectivity index (χ1) is 10.6. The number of carbonyl (C=O) groups is 2. The van der Waals surface area contributed by atoms with Crippen LogP contribution in [0.4, 0.5) is 0 Å². The van der Waals surface area contributed by atoms with Crippen molar-refractivity contribution in [3.05, 3.63) is 40.5 Å². The molecule has 0 radical (unpaired) electrons. The Balaban J connectivity index is 1.99. The summed E-state index contributed by atoms with van der Waals surface area (Å²) in [4.78, 5) is 30.8. The number of halogens is 1. The highest BCUT2D eigenvalue weighted by Gasteiger charge is 2.34. The van der Waals surface area contributed by atoms with Crippen molar-refractivity contribution in [3.8, 4) is 0 Å². The highest BCUT2D eigenvalue weighted by atomic mass is 79.9. The van der Waals surface area contributed by atoms with Gasteiger partial charge in [0.15, 0.2) is 0 Å². The number of aromatic nitrogens is 1. The largest absolute Gasteiger partial charge is 0.354 e. The third-order valence-corrected chi connectivity index (χ3v) is 4.48. The number of likely N-dealkylation sites (N-methyl/N-ethyl adjacent to an activating group) is 1. The van der Waals surface area contributed by atoms with Crippen LogP contribution in [0.15, 0.2) is 34.8 Å². The SMILES string of the molecule is CCN(C(=O)c1nc2ccccc2cc1Br)C1CCNC1=O. The Morgan fingerprint density at radius 2 is 2.23 bits per heavy atom. The minimum Gasteiger partial charge on any atom is -0.354 e. The van der Waals surface area contributed by atoms with Gasteiger partial charge in [-0.05, 0) is 41.4 Å². The van der Waals surface area contributed by atoms with Gasteiger partial charge in [-0.3, -0.25) is 9.59 Å². The normalized spacial score (nSPS) is 17.5. The zero-order valence-electron chi connectivity index (χ0n) is 12.2. The first-order valence-corrected chi connectivity index (χ1v) is 8.05. The minimum absolute atomic E-state index is 0.0906. The molecule has 1 unspecified atom stereocenters. The Bertz CT molecular complexity index is 747. The number of fused-ring (bicyclic) bond motifs is 1. The fourth-order valence-corrected chi connectivity index (χ4v) is 3.26. The molecule has 2 amide bonds. The van der Waals surface area contributed by atoms with Crippen molar-refractivity contribution < 1.29 is 9.59 Å². The van der Waals surface area contributed by atoms with E-state index in [-0.39, 0.29) is 11.8 Å². The van der Waals surface area contributed by atoms with E-state index in [1.807, 2.05) is 37.3 Å². The molecule has 1 saturated heterocycles. The van der Waals surface area contributed by atoms with Gasteiger partial charge in [-0.1, -0.05) is 18.2 Å². The van der Waals surface area contributed by atoms with Crippen LogP contribution in [0, 0.1) is 0 Å². The lowest BCUT2D eigenvalue weighted by atomic mass is 10.1. The number of amides is 2. The topological polar surface area (TPSA) is 62.3 Å². The fraction of sp³-hybridized carbons (Fsp3) is 0.312. The number of rotatable bonds is 3. The molecular formula is C16H16BrN3O2. The van der Waals surface area contributed by atoms with Crippen LogP contribution in [-0.4, -0.2) is 40.8 Å². The van der Waals surface area contributed by atoms with E-state index in [1.165, 1.54) is 0 Å². The number of benzene rings is 1. The summed E-state index contributed by atoms with van der Waals surface area (Å²) in [5.74, 6) is -0.311. The maximum atomic E-state index is 12.8. The highest BCUT2D eigenvalue weighted by Crippen LogP contribution is 2.24. The predicted octanol–water partition coefficient (Wildman–Crippen LogP) is 2.35. The van der Waals surface area contributed by atoms with Gasteiger partial charge in [0.25, 0.3) is 5.91 Å². The van der Waals surface area contributed by atoms with Gasteiger partial charge in [0.1, 0.15) is 11.7 Å². The Morgan fingerprint density at radius 3 is 2.91 bits per heavy atom. The summed E-state index contributed by atoms with van der Waals surface area (Å²) in [5.41, 5.74) is 1.11. The summed E-state index contributed by atoms with van der Waals surface area (Å²) in [7, 11) is 0. The second-order valence-electron chi connectivity index (χ2n) is 5.20. The van der Waals surface area contributed by atoms with Gasteiger partial charge in [-0.15, -0.1) is 0 Å². The van der Waals surface area contributed by atoms with E-state index >= 15 is 0 Å². The van der Waals surface area contributed by atoms with Crippen LogP contribution in [0.3, 0.4) is 0 Å². The van der Waals surface area contributed by atoms with Gasteiger partial charge in [-0.2, -0.15) is 0 Å². The second-order valence-corrected chi connectivity index (χ2v) is 6.05. The molecule has 0 spiro atoms. The standard InChI is InChI=1S/C16H16BrN3O2/c1-2-20(13-7-8-18-15(13)21)16(22)14-11(17)9-10-5-3-4-6-12(10)19-14/h3-6,9,13H,2,7-8H2,1H3,(H,18,21). The van der Waals surface area contributed by atoms with E-state index in [9.17, 15) is 9.59 Å². The van der Waals surface area contributed by atoms with Crippen molar-refractivity contribution in [1.29, 1.82) is 0 Å². The van der Waals surface area contributed by atoms with Crippen LogP contribution in [0.2, 0.25) is 0 Å². The van der Waals surface area contributed by atoms with Crippen LogP contribution in [0.1, 0.15) is 23.8 Å². The van der Waals surface area contributed by atoms with Crippen molar-refractivity contribution in [2.24, 2.45) is 0 Å². The summed E-state index contributed by atoms with van der Waals surface area (Å²) in [6.07, 6.45) is 0.642. The van der Waals surface area contributed by atoms with Gasteiger partial charge in [0, 0.05) is 22.9 Å². The van der Waals surface area contributed by atoms with E-state index in [1.54, 1.807) is 4.90 Å². The molecule has 0 bridgehead atoms. The van der Waals surface area contributed by atoms with Gasteiger partial charge >= 0.3 is 0 Å². The molecule has 1 fully saturated rings. The Labute approximate surface area is 136 Å². The molecular weight excluding hydrogens is 346 g/mol. The summed E-state index contributed by atoms with van der Waals surface area (Å²) in [6.45, 7) is 2.95. The Morgan fingerprint density at radius 1 is 1.45 bits per heavy atom. The molecule has 3 rings (SSSR count). The number of nitrogens with one attached hydrogen (secondary N) is 1. The van der Waals surface area contributed by atoms with Crippen molar-refractivity contribution in [2.45, 2.75) is 19.4 Å². The smallest absolute Gasteiger partial charge is 0.274 e. The number of hydrogen-bond acceptors (Lipinski definition) is 3. The molecule has 1 N–H and O–H groups in total. The molecule has 2 heterocycles. The summed E-state index contributed by atoms with van der Waals surface area (Å²) < 4.78 is 0.646. The van der Waals surface area contributed by atoms with Crippen LogP contribution in [0.25, 0.3) is 10.9 Å². The molecule has 1 aromatic heterocycles. The van der Waals surface area contributed by atoms with E-state index in [0.29, 0.717) is 29.7 Å². The van der Waals surface area contributed by atoms with Crippen LogP contribution < -0.4 is 5.32 Å². The molecule has 0 aliphatic carbocycles. The lowest BCUT2D eigenvalue weighted by Gasteiger charge is -2.25. The van der Waals surface area contributed by atoms with Gasteiger partial charge < -0.3 is 10.2 Å². The number of para-hydroxylation sites is 1. The van der Waals surface area contributed by atoms with Gasteiger partial charge in [0.05, 0.1) is 5.52 Å². The average Bonchev–Trinajstić information content (AvgIpc) is 2.93. The summed E-state index contributed by atoms with van der Waals surface area (Å²) in [6, 6.07) is 9.12. The molecule has 1 aliphatic heterocycles. The van der Waals surface area contributed by atoms with Crippen molar-refractivity contribution in [2.75, 3.05) is 13.1 Å². The fourth-order valence-electron chi connectivity index (χ4n) is 2.76. The lowest BCUT2D eigenvalue weighted by molar-refractivity contribution is -0.123. The minimum atomic E-state index is -0.405. The van der Waals surface area contributed by atoms with Gasteiger partial charge in [-0.25, -0.2) is 4.98 Å². The lowest BCUT2D eigenvalue weighted by Crippen LogP contribution is -2.44. The third kappa shape index (κ3) is 2.59. The monoisotopic (exact) mass is 361 g/mol. The number of nitrogens with zero attached hydrogens (tertiary/aromatic N) is 2. The van der Waals surface area contributed by atoms with Crippen molar-refractivity contribution in [1.82, 2.24) is 15.2 Å². The zero-order valence-corrected chi connectivity index (χ0v) is 13.8. The molecule has 1 aromatic carbocycles. The molecule has 1 atom stereocenters. The molecule has 1 aliphatic rings. The highest BCUT2D eigenvalue weighted by molar-refractivity contribution is 9.10. The first kappa shape index (κ1) is 15.0. The quantitative estimate of drug-likeness (QED) is 0.912. The molecule has 114 valence electrons. The maximum absolute atomic E-state index is 12.8. The van der Waals surface area contributed by atoms with Crippen molar-refractivity contribution >= 4 is 38.6 Å². The Hall–Kier alpha value is -1.95. The number of hydrogen-bond donors (Lipinski definition) is 1. The van der Waals surface area contributed by atoms with E-state index < -0.39 is 6.04 Å². The van der Waals surface area contributed by atoms with Gasteiger partial charge in [0.2, 0.25) is 5.91 Å². The molecule has 5 nitrogen and oxygen atoms in total. The van der Waals surface area contributed by atoms with Crippen LogP contribution in [0.5, 0.6) is 0 Å². The van der Waals surface area contributed by atoms with Crippen LogP contribution >= 0.6 is 15.9 Å². The van der Waals surface area contributed by atoms with Crippen molar-refractivity contribution in [3.63, 3.8) is 0 Å². The maximum Gasteiger partial charge on any atom is 0.274 e. The number of carbonyl (C=O) groups excluding carboxylic acids is 2. The third-order valence-electron chi connectivity index (χ3n) is 3.88. The Kier molecular flexibility index (Phi) is 4.11. The molecule has 6 heteroatoms.